The summed E-state index contributed by atoms with van der Waals surface area (Å²) < 4.78 is 20.5. The Morgan fingerprint density at radius 3 is 2.63 bits per heavy atom. The highest BCUT2D eigenvalue weighted by Crippen LogP contribution is 2.31. The average Bonchev–Trinajstić information content (AvgIpc) is 3.48. The van der Waals surface area contributed by atoms with Crippen LogP contribution in [0, 0.1) is 12.7 Å². The predicted octanol–water partition coefficient (Wildman–Crippen LogP) is 4.09. The molecule has 0 N–H and O–H groups in total. The monoisotopic (exact) mass is 424 g/mol. The lowest BCUT2D eigenvalue weighted by Crippen LogP contribution is -2.48. The number of halogens is 1. The van der Waals surface area contributed by atoms with E-state index in [4.69, 9.17) is 4.42 Å². The number of rotatable bonds is 4. The fraction of sp³-hybridized carbons (Fsp3) is 0.273. The van der Waals surface area contributed by atoms with Gasteiger partial charge in [0.1, 0.15) is 16.4 Å². The van der Waals surface area contributed by atoms with Gasteiger partial charge < -0.3 is 9.32 Å². The molecule has 154 valence electrons. The molecular weight excluding hydrogens is 403 g/mol. The molecule has 30 heavy (non-hydrogen) atoms. The van der Waals surface area contributed by atoms with Gasteiger partial charge in [-0.05, 0) is 49.4 Å². The second-order valence-corrected chi connectivity index (χ2v) is 8.48. The van der Waals surface area contributed by atoms with Crippen LogP contribution in [0.3, 0.4) is 0 Å². The number of nitrogens with zero attached hydrogens (tertiary/aromatic N) is 4. The highest BCUT2D eigenvalue weighted by Gasteiger charge is 2.25. The van der Waals surface area contributed by atoms with E-state index in [0.717, 1.165) is 47.0 Å². The van der Waals surface area contributed by atoms with E-state index in [0.29, 0.717) is 18.0 Å². The van der Waals surface area contributed by atoms with Crippen LogP contribution in [0.4, 0.5) is 4.39 Å². The number of carbonyl (C=O) groups excluding carboxylic acids is 1. The highest BCUT2D eigenvalue weighted by atomic mass is 32.1. The molecule has 1 aliphatic rings. The Hall–Kier alpha value is -2.97. The summed E-state index contributed by atoms with van der Waals surface area (Å²) in [5.74, 6) is 0.714. The smallest absolute Gasteiger partial charge is 0.264 e. The molecule has 4 heterocycles. The van der Waals surface area contributed by atoms with Crippen LogP contribution < -0.4 is 0 Å². The first-order valence-electron chi connectivity index (χ1n) is 9.87. The van der Waals surface area contributed by atoms with Gasteiger partial charge in [-0.3, -0.25) is 9.69 Å². The maximum atomic E-state index is 13.3. The molecule has 0 spiro atoms. The average molecular weight is 425 g/mol. The maximum absolute atomic E-state index is 13.3. The lowest BCUT2D eigenvalue weighted by atomic mass is 10.2. The van der Waals surface area contributed by atoms with E-state index >= 15 is 0 Å². The second kappa shape index (κ2) is 7.70. The van der Waals surface area contributed by atoms with Crippen molar-refractivity contribution < 1.29 is 13.6 Å². The van der Waals surface area contributed by atoms with Gasteiger partial charge in [-0.25, -0.2) is 9.07 Å². The van der Waals surface area contributed by atoms with Crippen molar-refractivity contribution in [1.29, 1.82) is 0 Å². The number of piperazine rings is 1. The molecule has 0 bridgehead atoms. The molecule has 8 heteroatoms. The first-order valence-corrected chi connectivity index (χ1v) is 10.7. The number of amides is 1. The van der Waals surface area contributed by atoms with Gasteiger partial charge in [0.05, 0.1) is 29.1 Å². The van der Waals surface area contributed by atoms with Crippen LogP contribution >= 0.6 is 11.3 Å². The fourth-order valence-corrected chi connectivity index (χ4v) is 4.95. The van der Waals surface area contributed by atoms with Crippen molar-refractivity contribution in [2.45, 2.75) is 13.5 Å². The normalized spacial score (nSPS) is 15.2. The van der Waals surface area contributed by atoms with Gasteiger partial charge in [-0.1, -0.05) is 0 Å². The zero-order valence-electron chi connectivity index (χ0n) is 16.5. The van der Waals surface area contributed by atoms with E-state index in [1.807, 2.05) is 30.0 Å². The Morgan fingerprint density at radius 2 is 1.93 bits per heavy atom. The highest BCUT2D eigenvalue weighted by molar-refractivity contribution is 7.20. The third kappa shape index (κ3) is 3.53. The molecule has 3 aromatic heterocycles. The van der Waals surface area contributed by atoms with Gasteiger partial charge in [-0.15, -0.1) is 11.3 Å². The van der Waals surface area contributed by atoms with Crippen LogP contribution in [0.25, 0.3) is 15.9 Å². The molecule has 1 fully saturated rings. The molecule has 0 atom stereocenters. The largest absolute Gasteiger partial charge is 0.468 e. The van der Waals surface area contributed by atoms with E-state index in [1.54, 1.807) is 23.1 Å². The van der Waals surface area contributed by atoms with Crippen molar-refractivity contribution in [2.75, 3.05) is 26.2 Å². The minimum Gasteiger partial charge on any atom is -0.468 e. The number of hydrogen-bond acceptors (Lipinski definition) is 5. The number of aromatic nitrogens is 2. The number of fused-ring (bicyclic) bond motifs is 1. The third-order valence-electron chi connectivity index (χ3n) is 5.45. The van der Waals surface area contributed by atoms with Crippen molar-refractivity contribution >= 4 is 27.5 Å². The van der Waals surface area contributed by atoms with Crippen molar-refractivity contribution in [3.8, 4) is 5.69 Å². The first kappa shape index (κ1) is 19.0. The van der Waals surface area contributed by atoms with E-state index in [1.165, 1.54) is 23.5 Å². The molecule has 5 rings (SSSR count). The van der Waals surface area contributed by atoms with E-state index in [9.17, 15) is 9.18 Å². The van der Waals surface area contributed by atoms with Crippen LogP contribution in [-0.4, -0.2) is 51.7 Å². The van der Waals surface area contributed by atoms with Crippen molar-refractivity contribution in [3.05, 3.63) is 70.9 Å². The Morgan fingerprint density at radius 1 is 1.17 bits per heavy atom. The van der Waals surface area contributed by atoms with Crippen molar-refractivity contribution in [2.24, 2.45) is 0 Å². The SMILES string of the molecule is Cc1nn(-c2ccc(F)cc2)c2sc(C(=O)N3CCN(Cc4ccco4)CC3)cc12. The molecule has 4 aromatic rings. The van der Waals surface area contributed by atoms with Gasteiger partial charge in [0.25, 0.3) is 5.91 Å². The van der Waals surface area contributed by atoms with Crippen LogP contribution in [0.2, 0.25) is 0 Å². The van der Waals surface area contributed by atoms with E-state index in [2.05, 4.69) is 10.00 Å². The number of aryl methyl sites for hydroxylation is 1. The minimum absolute atomic E-state index is 0.0545. The summed E-state index contributed by atoms with van der Waals surface area (Å²) in [6, 6.07) is 12.0. The quantitative estimate of drug-likeness (QED) is 0.495. The molecule has 0 aliphatic carbocycles. The molecule has 1 amide bonds. The van der Waals surface area contributed by atoms with E-state index < -0.39 is 0 Å². The Labute approximate surface area is 177 Å². The maximum Gasteiger partial charge on any atom is 0.264 e. The second-order valence-electron chi connectivity index (χ2n) is 7.45. The van der Waals surface area contributed by atoms with Crippen molar-refractivity contribution in [1.82, 2.24) is 19.6 Å². The number of furan rings is 1. The lowest BCUT2D eigenvalue weighted by Gasteiger charge is -2.34. The molecular formula is C22H21FN4O2S. The van der Waals surface area contributed by atoms with Crippen LogP contribution in [0.5, 0.6) is 0 Å². The molecule has 1 aliphatic heterocycles. The van der Waals surface area contributed by atoms with Crippen LogP contribution in [0.1, 0.15) is 21.1 Å². The summed E-state index contributed by atoms with van der Waals surface area (Å²) in [6.45, 7) is 5.72. The number of benzene rings is 1. The van der Waals surface area contributed by atoms with Gasteiger partial charge in [0, 0.05) is 31.6 Å². The lowest BCUT2D eigenvalue weighted by molar-refractivity contribution is 0.0625. The zero-order valence-corrected chi connectivity index (χ0v) is 17.4. The summed E-state index contributed by atoms with van der Waals surface area (Å²) in [7, 11) is 0. The molecule has 6 nitrogen and oxygen atoms in total. The van der Waals surface area contributed by atoms with Gasteiger partial charge in [-0.2, -0.15) is 5.10 Å². The summed E-state index contributed by atoms with van der Waals surface area (Å²) in [5, 5.41) is 5.53. The summed E-state index contributed by atoms with van der Waals surface area (Å²) in [5.41, 5.74) is 1.63. The molecule has 1 aromatic carbocycles. The predicted molar refractivity (Wildman–Crippen MR) is 114 cm³/mol. The number of carbonyl (C=O) groups is 1. The molecule has 0 radical (unpaired) electrons. The van der Waals surface area contributed by atoms with Gasteiger partial charge in [0.15, 0.2) is 0 Å². The molecule has 0 unspecified atom stereocenters. The Kier molecular flexibility index (Phi) is 4.88. The Bertz CT molecular complexity index is 1170. The summed E-state index contributed by atoms with van der Waals surface area (Å²) >= 11 is 1.44. The minimum atomic E-state index is -0.285. The summed E-state index contributed by atoms with van der Waals surface area (Å²) in [4.78, 5) is 18.9. The van der Waals surface area contributed by atoms with Gasteiger partial charge >= 0.3 is 0 Å². The van der Waals surface area contributed by atoms with Crippen LogP contribution in [-0.2, 0) is 6.54 Å². The summed E-state index contributed by atoms with van der Waals surface area (Å²) in [6.07, 6.45) is 1.69. The first-order chi connectivity index (χ1) is 14.6. The standard InChI is InChI=1S/C22H21FN4O2S/c1-15-19-13-20(30-22(19)27(24-15)17-6-4-16(23)5-7-17)21(28)26-10-8-25(9-11-26)14-18-3-2-12-29-18/h2-7,12-13H,8-11,14H2,1H3. The van der Waals surface area contributed by atoms with Crippen molar-refractivity contribution in [3.63, 3.8) is 0 Å². The zero-order chi connectivity index (χ0) is 20.7. The Balaban J connectivity index is 1.33. The molecule has 1 saturated heterocycles. The number of thiophene rings is 1. The third-order valence-corrected chi connectivity index (χ3v) is 6.54. The fourth-order valence-electron chi connectivity index (χ4n) is 3.80. The van der Waals surface area contributed by atoms with Crippen LogP contribution in [0.15, 0.2) is 53.1 Å². The van der Waals surface area contributed by atoms with Gasteiger partial charge in [0.2, 0.25) is 0 Å². The number of hydrogen-bond donors (Lipinski definition) is 0. The van der Waals surface area contributed by atoms with E-state index in [-0.39, 0.29) is 11.7 Å². The topological polar surface area (TPSA) is 54.5 Å². The molecule has 0 saturated carbocycles.